The van der Waals surface area contributed by atoms with Crippen LogP contribution in [0.5, 0.6) is 0 Å². The molecule has 0 bridgehead atoms. The smallest absolute Gasteiger partial charge is 0.338 e. The molecule has 2 unspecified atom stereocenters. The van der Waals surface area contributed by atoms with Crippen LogP contribution in [0.15, 0.2) is 24.3 Å². The van der Waals surface area contributed by atoms with Gasteiger partial charge in [-0.3, -0.25) is 0 Å². The maximum atomic E-state index is 11.8. The summed E-state index contributed by atoms with van der Waals surface area (Å²) < 4.78 is 10.2. The molecule has 6 heteroatoms. The summed E-state index contributed by atoms with van der Waals surface area (Å²) in [4.78, 5) is 23.6. The van der Waals surface area contributed by atoms with Gasteiger partial charge < -0.3 is 20.9 Å². The molecule has 0 fully saturated rings. The van der Waals surface area contributed by atoms with E-state index in [4.69, 9.17) is 20.9 Å². The minimum atomic E-state index is -0.461. The highest BCUT2D eigenvalue weighted by Crippen LogP contribution is 2.08. The molecular weight excluding hydrogens is 284 g/mol. The standard InChI is InChI=1S/C16H24N2O4/c1-3-13(17)9-21-15(19)11-5-7-12(8-6-11)16(20)22-10-14(18)4-2/h5-8,13-14H,3-4,9-10,17-18H2,1-2H3. The van der Waals surface area contributed by atoms with Crippen molar-refractivity contribution < 1.29 is 19.1 Å². The first-order valence-corrected chi connectivity index (χ1v) is 7.43. The summed E-state index contributed by atoms with van der Waals surface area (Å²) in [7, 11) is 0. The highest BCUT2D eigenvalue weighted by atomic mass is 16.5. The van der Waals surface area contributed by atoms with Crippen molar-refractivity contribution >= 4 is 11.9 Å². The number of rotatable bonds is 8. The maximum absolute atomic E-state index is 11.8. The molecule has 0 heterocycles. The maximum Gasteiger partial charge on any atom is 0.338 e. The Balaban J connectivity index is 2.55. The fourth-order valence-electron chi connectivity index (χ4n) is 1.51. The molecule has 0 spiro atoms. The lowest BCUT2D eigenvalue weighted by atomic mass is 10.1. The van der Waals surface area contributed by atoms with Crippen molar-refractivity contribution in [3.05, 3.63) is 35.4 Å². The fraction of sp³-hybridized carbons (Fsp3) is 0.500. The Bertz CT molecular complexity index is 442. The SMILES string of the molecule is CCC(N)COC(=O)c1ccc(C(=O)OCC(N)CC)cc1. The van der Waals surface area contributed by atoms with Crippen molar-refractivity contribution in [2.45, 2.75) is 38.8 Å². The van der Waals surface area contributed by atoms with Crippen LogP contribution in [0.4, 0.5) is 0 Å². The van der Waals surface area contributed by atoms with E-state index < -0.39 is 11.9 Å². The van der Waals surface area contributed by atoms with E-state index in [0.29, 0.717) is 11.1 Å². The molecule has 0 aliphatic heterocycles. The first-order valence-electron chi connectivity index (χ1n) is 7.43. The van der Waals surface area contributed by atoms with Crippen molar-refractivity contribution in [3.63, 3.8) is 0 Å². The Kier molecular flexibility index (Phi) is 7.56. The minimum absolute atomic E-state index is 0.166. The Morgan fingerprint density at radius 3 is 1.45 bits per heavy atom. The van der Waals surface area contributed by atoms with Crippen LogP contribution in [0, 0.1) is 0 Å². The van der Waals surface area contributed by atoms with E-state index in [1.807, 2.05) is 13.8 Å². The summed E-state index contributed by atoms with van der Waals surface area (Å²) in [5.41, 5.74) is 12.1. The van der Waals surface area contributed by atoms with Crippen LogP contribution in [-0.2, 0) is 9.47 Å². The molecule has 2 atom stereocenters. The van der Waals surface area contributed by atoms with Crippen molar-refractivity contribution in [2.75, 3.05) is 13.2 Å². The van der Waals surface area contributed by atoms with Gasteiger partial charge in [0, 0.05) is 12.1 Å². The van der Waals surface area contributed by atoms with Gasteiger partial charge in [0.15, 0.2) is 0 Å². The van der Waals surface area contributed by atoms with Crippen LogP contribution in [0.2, 0.25) is 0 Å². The van der Waals surface area contributed by atoms with Gasteiger partial charge in [-0.25, -0.2) is 9.59 Å². The largest absolute Gasteiger partial charge is 0.460 e. The first-order chi connectivity index (χ1) is 10.5. The molecule has 122 valence electrons. The molecule has 0 saturated heterocycles. The highest BCUT2D eigenvalue weighted by Gasteiger charge is 2.12. The van der Waals surface area contributed by atoms with Crippen molar-refractivity contribution in [2.24, 2.45) is 11.5 Å². The Labute approximate surface area is 130 Å². The number of ether oxygens (including phenoxy) is 2. The lowest BCUT2D eigenvalue weighted by molar-refractivity contribution is 0.0466. The van der Waals surface area contributed by atoms with E-state index in [0.717, 1.165) is 12.8 Å². The number of hydrogen-bond acceptors (Lipinski definition) is 6. The summed E-state index contributed by atoms with van der Waals surface area (Å²) >= 11 is 0. The van der Waals surface area contributed by atoms with Crippen LogP contribution in [-0.4, -0.2) is 37.2 Å². The van der Waals surface area contributed by atoms with Gasteiger partial charge in [0.2, 0.25) is 0 Å². The van der Waals surface area contributed by atoms with E-state index in [-0.39, 0.29) is 25.3 Å². The molecule has 0 aliphatic carbocycles. The zero-order valence-electron chi connectivity index (χ0n) is 13.1. The average molecular weight is 308 g/mol. The van der Waals surface area contributed by atoms with Crippen molar-refractivity contribution in [1.29, 1.82) is 0 Å². The summed E-state index contributed by atoms with van der Waals surface area (Å²) in [5.74, 6) is -0.923. The number of esters is 2. The Morgan fingerprint density at radius 1 is 0.864 bits per heavy atom. The van der Waals surface area contributed by atoms with Crippen LogP contribution in [0.1, 0.15) is 47.4 Å². The van der Waals surface area contributed by atoms with Crippen molar-refractivity contribution in [1.82, 2.24) is 0 Å². The molecular formula is C16H24N2O4. The van der Waals surface area contributed by atoms with Crippen LogP contribution < -0.4 is 11.5 Å². The van der Waals surface area contributed by atoms with Crippen LogP contribution in [0.3, 0.4) is 0 Å². The summed E-state index contributed by atoms with van der Waals surface area (Å²) in [6.45, 7) is 4.19. The average Bonchev–Trinajstić information content (AvgIpc) is 2.56. The third-order valence-electron chi connectivity index (χ3n) is 3.26. The van der Waals surface area contributed by atoms with Gasteiger partial charge in [0.1, 0.15) is 13.2 Å². The summed E-state index contributed by atoms with van der Waals surface area (Å²) in [6.07, 6.45) is 1.47. The Hall–Kier alpha value is -1.92. The molecule has 0 radical (unpaired) electrons. The molecule has 1 aromatic carbocycles. The Morgan fingerprint density at radius 2 is 1.18 bits per heavy atom. The zero-order valence-corrected chi connectivity index (χ0v) is 13.1. The second-order valence-corrected chi connectivity index (χ2v) is 5.11. The van der Waals surface area contributed by atoms with E-state index in [2.05, 4.69) is 0 Å². The fourth-order valence-corrected chi connectivity index (χ4v) is 1.51. The second-order valence-electron chi connectivity index (χ2n) is 5.11. The van der Waals surface area contributed by atoms with Crippen LogP contribution in [0.25, 0.3) is 0 Å². The van der Waals surface area contributed by atoms with E-state index >= 15 is 0 Å². The van der Waals surface area contributed by atoms with Gasteiger partial charge in [0.05, 0.1) is 11.1 Å². The van der Waals surface area contributed by atoms with Gasteiger partial charge in [0.25, 0.3) is 0 Å². The molecule has 0 aliphatic rings. The van der Waals surface area contributed by atoms with Crippen molar-refractivity contribution in [3.8, 4) is 0 Å². The summed E-state index contributed by atoms with van der Waals surface area (Å²) in [5, 5.41) is 0. The third-order valence-corrected chi connectivity index (χ3v) is 3.26. The predicted octanol–water partition coefficient (Wildman–Crippen LogP) is 1.47. The highest BCUT2D eigenvalue weighted by molar-refractivity contribution is 5.93. The van der Waals surface area contributed by atoms with Gasteiger partial charge in [-0.15, -0.1) is 0 Å². The quantitative estimate of drug-likeness (QED) is 0.705. The minimum Gasteiger partial charge on any atom is -0.460 e. The number of hydrogen-bond donors (Lipinski definition) is 2. The molecule has 22 heavy (non-hydrogen) atoms. The number of nitrogens with two attached hydrogens (primary N) is 2. The summed E-state index contributed by atoms with van der Waals surface area (Å²) in [6, 6.07) is 5.76. The van der Waals surface area contributed by atoms with Gasteiger partial charge in [-0.05, 0) is 37.1 Å². The zero-order chi connectivity index (χ0) is 16.5. The lowest BCUT2D eigenvalue weighted by Crippen LogP contribution is -2.27. The molecule has 0 saturated carbocycles. The third kappa shape index (κ3) is 5.83. The van der Waals surface area contributed by atoms with Gasteiger partial charge in [-0.1, -0.05) is 13.8 Å². The van der Waals surface area contributed by atoms with E-state index in [1.54, 1.807) is 0 Å². The molecule has 1 rings (SSSR count). The number of benzene rings is 1. The normalized spacial score (nSPS) is 13.3. The van der Waals surface area contributed by atoms with Gasteiger partial charge in [-0.2, -0.15) is 0 Å². The molecule has 0 amide bonds. The molecule has 1 aromatic rings. The number of carbonyl (C=O) groups excluding carboxylic acids is 2. The van der Waals surface area contributed by atoms with E-state index in [9.17, 15) is 9.59 Å². The number of carbonyl (C=O) groups is 2. The predicted molar refractivity (Wildman–Crippen MR) is 83.5 cm³/mol. The van der Waals surface area contributed by atoms with E-state index in [1.165, 1.54) is 24.3 Å². The lowest BCUT2D eigenvalue weighted by Gasteiger charge is -2.11. The van der Waals surface area contributed by atoms with Gasteiger partial charge >= 0.3 is 11.9 Å². The molecule has 0 aromatic heterocycles. The molecule has 4 N–H and O–H groups in total. The van der Waals surface area contributed by atoms with Crippen LogP contribution >= 0.6 is 0 Å². The second kappa shape index (κ2) is 9.17. The topological polar surface area (TPSA) is 105 Å². The first kappa shape index (κ1) is 18.1. The monoisotopic (exact) mass is 308 g/mol. The molecule has 6 nitrogen and oxygen atoms in total.